The lowest BCUT2D eigenvalue weighted by molar-refractivity contribution is -0.145. The number of nitrogens with one attached hydrogen (secondary N) is 1. The molecule has 0 bridgehead atoms. The Morgan fingerprint density at radius 2 is 2.33 bits per heavy atom. The average molecular weight is 248 g/mol. The smallest absolute Gasteiger partial charge is 0.333 e. The molecule has 1 atom stereocenters. The van der Waals surface area contributed by atoms with E-state index in [1.54, 1.807) is 19.1 Å². The van der Waals surface area contributed by atoms with E-state index in [0.717, 1.165) is 6.08 Å². The van der Waals surface area contributed by atoms with Crippen LogP contribution < -0.4 is 10.2 Å². The van der Waals surface area contributed by atoms with Crippen LogP contribution in [0.5, 0.6) is 5.75 Å². The van der Waals surface area contributed by atoms with Gasteiger partial charge in [0, 0.05) is 12.1 Å². The zero-order valence-corrected chi connectivity index (χ0v) is 9.71. The number of carbonyl (C=O) groups is 2. The number of hydrogen-bond acceptors (Lipinski definition) is 4. The highest BCUT2D eigenvalue weighted by Crippen LogP contribution is 2.28. The molecule has 0 aliphatic carbocycles. The number of phenolic OH excluding ortho intramolecular Hbond substituents is 1. The molecule has 1 aliphatic rings. The molecule has 18 heavy (non-hydrogen) atoms. The summed E-state index contributed by atoms with van der Waals surface area (Å²) in [6, 6.07) is 4.36. The van der Waals surface area contributed by atoms with E-state index in [2.05, 4.69) is 11.9 Å². The third kappa shape index (κ3) is 2.00. The van der Waals surface area contributed by atoms with Gasteiger partial charge < -0.3 is 9.84 Å². The Labute approximate surface area is 103 Å². The van der Waals surface area contributed by atoms with Crippen LogP contribution in [0, 0.1) is 6.92 Å². The van der Waals surface area contributed by atoms with E-state index in [1.807, 2.05) is 0 Å². The van der Waals surface area contributed by atoms with Crippen molar-refractivity contribution in [2.45, 2.75) is 13.3 Å². The van der Waals surface area contributed by atoms with Gasteiger partial charge in [-0.3, -0.25) is 5.32 Å². The van der Waals surface area contributed by atoms with Crippen molar-refractivity contribution in [2.75, 3.05) is 4.90 Å². The lowest BCUT2D eigenvalue weighted by atomic mass is 10.2. The summed E-state index contributed by atoms with van der Waals surface area (Å²) in [4.78, 5) is 23.7. The van der Waals surface area contributed by atoms with Gasteiger partial charge in [-0.2, -0.15) is 0 Å². The molecule has 2 rings (SSSR count). The predicted octanol–water partition coefficient (Wildman–Crippen LogP) is 1.24. The largest absolute Gasteiger partial charge is 0.508 e. The summed E-state index contributed by atoms with van der Waals surface area (Å²) >= 11 is 0. The zero-order valence-electron chi connectivity index (χ0n) is 9.71. The summed E-state index contributed by atoms with van der Waals surface area (Å²) in [5, 5.41) is 12.0. The Morgan fingerprint density at radius 1 is 1.61 bits per heavy atom. The highest BCUT2D eigenvalue weighted by molar-refractivity contribution is 5.99. The number of benzene rings is 1. The first-order valence-corrected chi connectivity index (χ1v) is 5.25. The fourth-order valence-corrected chi connectivity index (χ4v) is 1.52. The number of ether oxygens (including phenoxy) is 1. The molecule has 0 aromatic heterocycles. The molecular weight excluding hydrogens is 236 g/mol. The van der Waals surface area contributed by atoms with Crippen LogP contribution in [-0.2, 0) is 9.53 Å². The molecule has 1 fully saturated rings. The van der Waals surface area contributed by atoms with Gasteiger partial charge in [0.1, 0.15) is 5.75 Å². The number of nitrogens with zero attached hydrogens (tertiary/aromatic N) is 1. The van der Waals surface area contributed by atoms with Crippen molar-refractivity contribution in [1.82, 2.24) is 5.32 Å². The van der Waals surface area contributed by atoms with Crippen LogP contribution in [0.2, 0.25) is 0 Å². The molecule has 2 N–H and O–H groups in total. The van der Waals surface area contributed by atoms with Gasteiger partial charge in [0.2, 0.25) is 0 Å². The SMILES string of the molecule is C=CC(=O)OC1NC(=O)N1c1ccc(C)c(O)c1. The van der Waals surface area contributed by atoms with Gasteiger partial charge in [-0.05, 0) is 18.6 Å². The van der Waals surface area contributed by atoms with Crippen molar-refractivity contribution >= 4 is 17.7 Å². The van der Waals surface area contributed by atoms with Crippen molar-refractivity contribution in [3.05, 3.63) is 36.4 Å². The minimum Gasteiger partial charge on any atom is -0.508 e. The Bertz CT molecular complexity index is 527. The van der Waals surface area contributed by atoms with Gasteiger partial charge in [0.15, 0.2) is 0 Å². The number of aryl methyl sites for hydroxylation is 1. The predicted molar refractivity (Wildman–Crippen MR) is 63.9 cm³/mol. The monoisotopic (exact) mass is 248 g/mol. The maximum atomic E-state index is 11.4. The number of phenols is 1. The molecule has 94 valence electrons. The molecular formula is C12H12N2O4. The van der Waals surface area contributed by atoms with Crippen LogP contribution in [0.15, 0.2) is 30.9 Å². The second kappa shape index (κ2) is 4.40. The van der Waals surface area contributed by atoms with Crippen molar-refractivity contribution in [3.8, 4) is 5.75 Å². The van der Waals surface area contributed by atoms with Crippen LogP contribution in [0.25, 0.3) is 0 Å². The molecule has 6 nitrogen and oxygen atoms in total. The molecule has 6 heteroatoms. The van der Waals surface area contributed by atoms with Gasteiger partial charge in [-0.25, -0.2) is 14.5 Å². The number of rotatable bonds is 3. The van der Waals surface area contributed by atoms with Crippen LogP contribution in [0.4, 0.5) is 10.5 Å². The van der Waals surface area contributed by atoms with Crippen molar-refractivity contribution in [3.63, 3.8) is 0 Å². The van der Waals surface area contributed by atoms with Crippen LogP contribution in [0.1, 0.15) is 5.56 Å². The normalized spacial score (nSPS) is 17.7. The number of esters is 1. The average Bonchev–Trinajstić information content (AvgIpc) is 2.32. The molecule has 0 saturated carbocycles. The number of hydrogen-bond donors (Lipinski definition) is 2. The molecule has 1 aliphatic heterocycles. The minimum absolute atomic E-state index is 0.0704. The summed E-state index contributed by atoms with van der Waals surface area (Å²) in [6.45, 7) is 5.01. The Kier molecular flexibility index (Phi) is 2.93. The lowest BCUT2D eigenvalue weighted by Gasteiger charge is -2.39. The number of urea groups is 1. The maximum Gasteiger partial charge on any atom is 0.333 e. The Morgan fingerprint density at radius 3 is 2.89 bits per heavy atom. The van der Waals surface area contributed by atoms with E-state index in [4.69, 9.17) is 4.74 Å². The van der Waals surface area contributed by atoms with E-state index < -0.39 is 18.4 Å². The first kappa shape index (κ1) is 12.0. The highest BCUT2D eigenvalue weighted by atomic mass is 16.6. The van der Waals surface area contributed by atoms with Gasteiger partial charge in [0.25, 0.3) is 6.35 Å². The third-order valence-electron chi connectivity index (χ3n) is 2.57. The number of anilines is 1. The van der Waals surface area contributed by atoms with Gasteiger partial charge >= 0.3 is 12.0 Å². The molecule has 1 aromatic rings. The molecule has 2 amide bonds. The first-order valence-electron chi connectivity index (χ1n) is 5.25. The molecule has 1 heterocycles. The Balaban J connectivity index is 2.19. The molecule has 1 unspecified atom stereocenters. The molecule has 0 spiro atoms. The van der Waals surface area contributed by atoms with Crippen molar-refractivity contribution < 1.29 is 19.4 Å². The lowest BCUT2D eigenvalue weighted by Crippen LogP contribution is -2.67. The van der Waals surface area contributed by atoms with E-state index in [1.165, 1.54) is 11.0 Å². The van der Waals surface area contributed by atoms with Crippen molar-refractivity contribution in [1.29, 1.82) is 0 Å². The van der Waals surface area contributed by atoms with E-state index >= 15 is 0 Å². The molecule has 1 aromatic carbocycles. The van der Waals surface area contributed by atoms with Gasteiger partial charge in [-0.15, -0.1) is 0 Å². The topological polar surface area (TPSA) is 78.9 Å². The fourth-order valence-electron chi connectivity index (χ4n) is 1.52. The van der Waals surface area contributed by atoms with Crippen LogP contribution in [-0.4, -0.2) is 23.5 Å². The van der Waals surface area contributed by atoms with Crippen LogP contribution in [0.3, 0.4) is 0 Å². The number of aromatic hydroxyl groups is 1. The van der Waals surface area contributed by atoms with E-state index in [0.29, 0.717) is 11.3 Å². The van der Waals surface area contributed by atoms with Gasteiger partial charge in [-0.1, -0.05) is 12.6 Å². The number of amides is 2. The summed E-state index contributed by atoms with van der Waals surface area (Å²) in [7, 11) is 0. The fraction of sp³-hybridized carbons (Fsp3) is 0.167. The molecule has 0 radical (unpaired) electrons. The quantitative estimate of drug-likeness (QED) is 0.623. The second-order valence-corrected chi connectivity index (χ2v) is 3.78. The standard InChI is InChI=1S/C12H12N2O4/c1-3-10(16)18-12-13-11(17)14(12)8-5-4-7(2)9(15)6-8/h3-6,12,15H,1H2,2H3,(H,13,17). The minimum atomic E-state index is -0.870. The summed E-state index contributed by atoms with van der Waals surface area (Å²) in [6.07, 6.45) is 0.139. The second-order valence-electron chi connectivity index (χ2n) is 3.78. The first-order chi connectivity index (χ1) is 8.52. The van der Waals surface area contributed by atoms with E-state index in [9.17, 15) is 14.7 Å². The Hall–Kier alpha value is -2.50. The maximum absolute atomic E-state index is 11.4. The number of carbonyl (C=O) groups excluding carboxylic acids is 2. The summed E-state index contributed by atoms with van der Waals surface area (Å²) in [5.41, 5.74) is 1.14. The van der Waals surface area contributed by atoms with E-state index in [-0.39, 0.29) is 5.75 Å². The van der Waals surface area contributed by atoms with Crippen LogP contribution >= 0.6 is 0 Å². The zero-order chi connectivity index (χ0) is 13.3. The summed E-state index contributed by atoms with van der Waals surface area (Å²) in [5.74, 6) is -0.567. The third-order valence-corrected chi connectivity index (χ3v) is 2.57. The molecule has 1 saturated heterocycles. The van der Waals surface area contributed by atoms with Crippen molar-refractivity contribution in [2.24, 2.45) is 0 Å². The highest BCUT2D eigenvalue weighted by Gasteiger charge is 2.39. The summed E-state index contributed by atoms with van der Waals surface area (Å²) < 4.78 is 4.90. The van der Waals surface area contributed by atoms with Gasteiger partial charge in [0.05, 0.1) is 5.69 Å².